The van der Waals surface area contributed by atoms with Gasteiger partial charge in [0.1, 0.15) is 5.69 Å². The second-order valence-electron chi connectivity index (χ2n) is 3.37. The molecular weight excluding hydrogens is 210 g/mol. The number of aromatic nitrogens is 1. The molecule has 1 aromatic heterocycles. The van der Waals surface area contributed by atoms with Crippen molar-refractivity contribution >= 4 is 16.8 Å². The fraction of sp³-hybridized carbons (Fsp3) is 0.0833. The molecule has 0 atom stereocenters. The van der Waals surface area contributed by atoms with Gasteiger partial charge in [0.05, 0.1) is 0 Å². The Balaban J connectivity index is 2.49. The Morgan fingerprint density at radius 3 is 2.47 bits per heavy atom. The molecule has 1 heterocycles. The van der Waals surface area contributed by atoms with Crippen LogP contribution in [0.4, 0.5) is 0 Å². The second kappa shape index (κ2) is 3.91. The summed E-state index contributed by atoms with van der Waals surface area (Å²) in [6.45, 7) is 2.02. The van der Waals surface area contributed by atoms with E-state index in [2.05, 4.69) is 0 Å². The predicted octanol–water partition coefficient (Wildman–Crippen LogP) is 3.16. The Kier molecular flexibility index (Phi) is 2.60. The lowest BCUT2D eigenvalue weighted by Gasteiger charge is -2.06. The quantitative estimate of drug-likeness (QED) is 0.712. The topological polar surface area (TPSA) is 22.0 Å². The molecule has 2 rings (SSSR count). The summed E-state index contributed by atoms with van der Waals surface area (Å²) in [5, 5.41) is -0.444. The van der Waals surface area contributed by atoms with Gasteiger partial charge in [-0.25, -0.2) is 0 Å². The predicted molar refractivity (Wildman–Crippen MR) is 60.7 cm³/mol. The van der Waals surface area contributed by atoms with Crippen LogP contribution >= 0.6 is 11.6 Å². The highest BCUT2D eigenvalue weighted by Crippen LogP contribution is 2.15. The number of halogens is 1. The third-order valence-corrected chi connectivity index (χ3v) is 2.46. The molecule has 0 bridgehead atoms. The zero-order valence-electron chi connectivity index (χ0n) is 8.27. The zero-order valence-corrected chi connectivity index (χ0v) is 9.03. The molecule has 0 radical (unpaired) electrons. The molecule has 3 heteroatoms. The lowest BCUT2D eigenvalue weighted by molar-refractivity contribution is 0.107. The van der Waals surface area contributed by atoms with E-state index >= 15 is 0 Å². The van der Waals surface area contributed by atoms with Crippen molar-refractivity contribution in [3.63, 3.8) is 0 Å². The van der Waals surface area contributed by atoms with Crippen LogP contribution in [0.25, 0.3) is 5.69 Å². The second-order valence-corrected chi connectivity index (χ2v) is 3.72. The van der Waals surface area contributed by atoms with Gasteiger partial charge in [-0.2, -0.15) is 0 Å². The van der Waals surface area contributed by atoms with Gasteiger partial charge in [-0.05, 0) is 42.8 Å². The largest absolute Gasteiger partial charge is 0.313 e. The van der Waals surface area contributed by atoms with E-state index < -0.39 is 5.24 Å². The minimum atomic E-state index is -0.444. The molecule has 0 aliphatic rings. The first-order valence-corrected chi connectivity index (χ1v) is 5.00. The maximum atomic E-state index is 11.1. The molecule has 0 fully saturated rings. The average Bonchev–Trinajstić information content (AvgIpc) is 2.67. The molecular formula is C12H10ClNO. The zero-order chi connectivity index (χ0) is 10.8. The van der Waals surface area contributed by atoms with Crippen LogP contribution in [0.5, 0.6) is 0 Å². The molecule has 2 aromatic rings. The van der Waals surface area contributed by atoms with Crippen LogP contribution in [-0.4, -0.2) is 9.81 Å². The summed E-state index contributed by atoms with van der Waals surface area (Å²) in [5.74, 6) is 0. The first-order valence-electron chi connectivity index (χ1n) is 4.63. The van der Waals surface area contributed by atoms with E-state index in [1.807, 2.05) is 37.4 Å². The van der Waals surface area contributed by atoms with Crippen LogP contribution in [0.2, 0.25) is 0 Å². The van der Waals surface area contributed by atoms with Crippen molar-refractivity contribution in [3.8, 4) is 5.69 Å². The van der Waals surface area contributed by atoms with Crippen molar-refractivity contribution in [2.45, 2.75) is 6.92 Å². The summed E-state index contributed by atoms with van der Waals surface area (Å²) >= 11 is 5.47. The van der Waals surface area contributed by atoms with Crippen molar-refractivity contribution < 1.29 is 4.79 Å². The van der Waals surface area contributed by atoms with Gasteiger partial charge in [-0.1, -0.05) is 17.7 Å². The van der Waals surface area contributed by atoms with Gasteiger partial charge in [0, 0.05) is 11.9 Å². The molecule has 15 heavy (non-hydrogen) atoms. The lowest BCUT2D eigenvalue weighted by atomic mass is 10.2. The van der Waals surface area contributed by atoms with Crippen LogP contribution in [0.1, 0.15) is 16.1 Å². The highest BCUT2D eigenvalue weighted by Gasteiger charge is 2.08. The van der Waals surface area contributed by atoms with Crippen LogP contribution in [0.3, 0.4) is 0 Å². The summed E-state index contributed by atoms with van der Waals surface area (Å²) in [5.41, 5.74) is 2.61. The Morgan fingerprint density at radius 2 is 1.87 bits per heavy atom. The Morgan fingerprint density at radius 1 is 1.20 bits per heavy atom. The van der Waals surface area contributed by atoms with Gasteiger partial charge in [-0.15, -0.1) is 0 Å². The number of hydrogen-bond acceptors (Lipinski definition) is 1. The highest BCUT2D eigenvalue weighted by molar-refractivity contribution is 6.67. The van der Waals surface area contributed by atoms with E-state index in [1.54, 1.807) is 16.7 Å². The van der Waals surface area contributed by atoms with Gasteiger partial charge in [-0.3, -0.25) is 4.79 Å². The minimum Gasteiger partial charge on any atom is -0.313 e. The van der Waals surface area contributed by atoms with E-state index in [9.17, 15) is 4.79 Å². The van der Waals surface area contributed by atoms with E-state index in [-0.39, 0.29) is 0 Å². The Labute approximate surface area is 93.1 Å². The monoisotopic (exact) mass is 219 g/mol. The number of nitrogens with zero attached hydrogens (tertiary/aromatic N) is 1. The number of benzene rings is 1. The van der Waals surface area contributed by atoms with Crippen molar-refractivity contribution in [1.82, 2.24) is 4.57 Å². The van der Waals surface area contributed by atoms with E-state index in [0.29, 0.717) is 5.69 Å². The van der Waals surface area contributed by atoms with Crippen molar-refractivity contribution in [2.24, 2.45) is 0 Å². The maximum Gasteiger partial charge on any atom is 0.269 e. The summed E-state index contributed by atoms with van der Waals surface area (Å²) in [4.78, 5) is 11.1. The molecule has 76 valence electrons. The average molecular weight is 220 g/mol. The molecule has 0 aliphatic carbocycles. The number of rotatable bonds is 2. The van der Waals surface area contributed by atoms with E-state index in [0.717, 1.165) is 5.69 Å². The fourth-order valence-electron chi connectivity index (χ4n) is 1.47. The molecule has 0 unspecified atom stereocenters. The summed E-state index contributed by atoms with van der Waals surface area (Å²) in [6.07, 6.45) is 1.82. The SMILES string of the molecule is Cc1ccc(-n2cccc2C(=O)Cl)cc1. The smallest absolute Gasteiger partial charge is 0.269 e. The molecule has 0 amide bonds. The van der Waals surface area contributed by atoms with Gasteiger partial charge < -0.3 is 4.57 Å². The number of carbonyl (C=O) groups is 1. The minimum absolute atomic E-state index is 0.444. The Hall–Kier alpha value is -1.54. The maximum absolute atomic E-state index is 11.1. The molecule has 0 saturated carbocycles. The lowest BCUT2D eigenvalue weighted by Crippen LogP contribution is -2.01. The number of hydrogen-bond donors (Lipinski definition) is 0. The van der Waals surface area contributed by atoms with Crippen molar-refractivity contribution in [3.05, 3.63) is 53.9 Å². The summed E-state index contributed by atoms with van der Waals surface area (Å²) in [7, 11) is 0. The first kappa shape index (κ1) is 9.99. The molecule has 0 N–H and O–H groups in total. The molecule has 0 saturated heterocycles. The van der Waals surface area contributed by atoms with Gasteiger partial charge in [0.25, 0.3) is 5.24 Å². The summed E-state index contributed by atoms with van der Waals surface area (Å²) < 4.78 is 1.77. The third-order valence-electron chi connectivity index (χ3n) is 2.26. The van der Waals surface area contributed by atoms with Crippen LogP contribution in [0, 0.1) is 6.92 Å². The van der Waals surface area contributed by atoms with E-state index in [4.69, 9.17) is 11.6 Å². The van der Waals surface area contributed by atoms with Gasteiger partial charge in [0.15, 0.2) is 0 Å². The number of aryl methyl sites for hydroxylation is 1. The normalized spacial score (nSPS) is 10.3. The standard InChI is InChI=1S/C12H10ClNO/c1-9-4-6-10(7-5-9)14-8-2-3-11(14)12(13)15/h2-8H,1H3. The van der Waals surface area contributed by atoms with Crippen molar-refractivity contribution in [2.75, 3.05) is 0 Å². The summed E-state index contributed by atoms with van der Waals surface area (Å²) in [6, 6.07) is 11.4. The van der Waals surface area contributed by atoms with Gasteiger partial charge >= 0.3 is 0 Å². The van der Waals surface area contributed by atoms with Crippen LogP contribution < -0.4 is 0 Å². The molecule has 1 aromatic carbocycles. The van der Waals surface area contributed by atoms with Gasteiger partial charge in [0.2, 0.25) is 0 Å². The molecule has 0 spiro atoms. The van der Waals surface area contributed by atoms with Crippen LogP contribution in [-0.2, 0) is 0 Å². The van der Waals surface area contributed by atoms with Crippen LogP contribution in [0.15, 0.2) is 42.6 Å². The number of carbonyl (C=O) groups excluding carboxylic acids is 1. The molecule has 2 nitrogen and oxygen atoms in total. The first-order chi connectivity index (χ1) is 7.18. The molecule has 0 aliphatic heterocycles. The highest BCUT2D eigenvalue weighted by atomic mass is 35.5. The van der Waals surface area contributed by atoms with E-state index in [1.165, 1.54) is 5.56 Å². The fourth-order valence-corrected chi connectivity index (χ4v) is 1.63. The Bertz CT molecular complexity index is 485. The third kappa shape index (κ3) is 1.95. The van der Waals surface area contributed by atoms with Crippen molar-refractivity contribution in [1.29, 1.82) is 0 Å².